The van der Waals surface area contributed by atoms with Crippen LogP contribution in [0.5, 0.6) is 5.75 Å². The highest BCUT2D eigenvalue weighted by Gasteiger charge is 2.04. The van der Waals surface area contributed by atoms with E-state index in [1.807, 2.05) is 36.0 Å². The molecular weight excluding hydrogens is 256 g/mol. The maximum absolute atomic E-state index is 10.6. The van der Waals surface area contributed by atoms with Gasteiger partial charge in [0, 0.05) is 17.8 Å². The van der Waals surface area contributed by atoms with E-state index < -0.39 is 5.97 Å². The first-order valence-corrected chi connectivity index (χ1v) is 6.15. The average Bonchev–Trinajstić information content (AvgIpc) is 2.82. The molecule has 0 saturated heterocycles. The molecule has 1 heterocycles. The third-order valence-electron chi connectivity index (χ3n) is 2.81. The maximum Gasteiger partial charge on any atom is 0.328 e. The molecule has 5 heteroatoms. The second kappa shape index (κ2) is 6.06. The predicted molar refractivity (Wildman–Crippen MR) is 75.7 cm³/mol. The molecule has 0 aliphatic heterocycles. The first kappa shape index (κ1) is 13.9. The fraction of sp³-hybridized carbons (Fsp3) is 0.200. The summed E-state index contributed by atoms with van der Waals surface area (Å²) in [5, 5.41) is 12.9. The van der Waals surface area contributed by atoms with Crippen LogP contribution in [0.3, 0.4) is 0 Å². The lowest BCUT2D eigenvalue weighted by Gasteiger charge is -2.08. The molecule has 0 aliphatic carbocycles. The molecule has 0 radical (unpaired) electrons. The molecule has 0 fully saturated rings. The highest BCUT2D eigenvalue weighted by molar-refractivity contribution is 5.86. The Morgan fingerprint density at radius 3 is 2.90 bits per heavy atom. The molecule has 5 nitrogen and oxygen atoms in total. The van der Waals surface area contributed by atoms with Gasteiger partial charge in [0.05, 0.1) is 19.9 Å². The Bertz CT molecular complexity index is 644. The van der Waals surface area contributed by atoms with Crippen molar-refractivity contribution in [2.24, 2.45) is 0 Å². The zero-order valence-corrected chi connectivity index (χ0v) is 11.4. The number of methoxy groups -OCH3 is 1. The van der Waals surface area contributed by atoms with Gasteiger partial charge in [0.15, 0.2) is 0 Å². The van der Waals surface area contributed by atoms with Gasteiger partial charge in [0.25, 0.3) is 0 Å². The van der Waals surface area contributed by atoms with Gasteiger partial charge in [-0.25, -0.2) is 4.79 Å². The van der Waals surface area contributed by atoms with E-state index in [4.69, 9.17) is 9.84 Å². The first-order valence-electron chi connectivity index (χ1n) is 6.15. The van der Waals surface area contributed by atoms with Crippen molar-refractivity contribution in [2.75, 3.05) is 7.11 Å². The summed E-state index contributed by atoms with van der Waals surface area (Å²) in [6.07, 6.45) is 6.38. The van der Waals surface area contributed by atoms with Crippen LogP contribution in [0, 0.1) is 6.92 Å². The van der Waals surface area contributed by atoms with E-state index in [9.17, 15) is 4.79 Å². The lowest BCUT2D eigenvalue weighted by Crippen LogP contribution is -2.00. The smallest absolute Gasteiger partial charge is 0.328 e. The van der Waals surface area contributed by atoms with Crippen LogP contribution < -0.4 is 4.74 Å². The zero-order chi connectivity index (χ0) is 14.5. The third kappa shape index (κ3) is 3.47. The molecule has 104 valence electrons. The molecule has 2 rings (SSSR count). The van der Waals surface area contributed by atoms with Crippen LogP contribution in [0.4, 0.5) is 0 Å². The number of hydrogen-bond donors (Lipinski definition) is 1. The molecule has 0 aliphatic rings. The second-order valence-electron chi connectivity index (χ2n) is 4.46. The highest BCUT2D eigenvalue weighted by Crippen LogP contribution is 2.22. The molecule has 0 bridgehead atoms. The number of rotatable bonds is 5. The molecule has 0 atom stereocenters. The molecule has 1 aromatic carbocycles. The van der Waals surface area contributed by atoms with E-state index in [0.717, 1.165) is 22.8 Å². The van der Waals surface area contributed by atoms with Gasteiger partial charge >= 0.3 is 5.97 Å². The van der Waals surface area contributed by atoms with Crippen LogP contribution in [0.25, 0.3) is 6.08 Å². The number of carboxylic acid groups (broad SMARTS) is 1. The van der Waals surface area contributed by atoms with Crippen molar-refractivity contribution in [1.29, 1.82) is 0 Å². The number of carbonyl (C=O) groups is 1. The minimum absolute atomic E-state index is 0.631. The van der Waals surface area contributed by atoms with Crippen molar-refractivity contribution in [2.45, 2.75) is 13.5 Å². The third-order valence-corrected chi connectivity index (χ3v) is 2.81. The Labute approximate surface area is 117 Å². The highest BCUT2D eigenvalue weighted by atomic mass is 16.5. The second-order valence-corrected chi connectivity index (χ2v) is 4.46. The Balaban J connectivity index is 2.26. The minimum Gasteiger partial charge on any atom is -0.496 e. The molecular formula is C15H16N2O3. The van der Waals surface area contributed by atoms with Gasteiger partial charge in [-0.05, 0) is 36.3 Å². The van der Waals surface area contributed by atoms with Crippen LogP contribution in [0.15, 0.2) is 36.7 Å². The summed E-state index contributed by atoms with van der Waals surface area (Å²) in [6.45, 7) is 2.62. The topological polar surface area (TPSA) is 64.4 Å². The Morgan fingerprint density at radius 1 is 1.50 bits per heavy atom. The van der Waals surface area contributed by atoms with E-state index in [-0.39, 0.29) is 0 Å². The summed E-state index contributed by atoms with van der Waals surface area (Å²) in [5.41, 5.74) is 2.86. The Hall–Kier alpha value is -2.56. The van der Waals surface area contributed by atoms with Crippen LogP contribution in [-0.2, 0) is 11.3 Å². The lowest BCUT2D eigenvalue weighted by molar-refractivity contribution is -0.131. The number of carboxylic acids is 1. The number of benzene rings is 1. The number of aromatic nitrogens is 2. The van der Waals surface area contributed by atoms with E-state index in [2.05, 4.69) is 5.10 Å². The number of nitrogens with zero attached hydrogens (tertiary/aromatic N) is 2. The maximum atomic E-state index is 10.6. The molecule has 1 N–H and O–H groups in total. The van der Waals surface area contributed by atoms with Crippen LogP contribution in [0.1, 0.15) is 16.7 Å². The van der Waals surface area contributed by atoms with Crippen LogP contribution in [0.2, 0.25) is 0 Å². The Kier molecular flexibility index (Phi) is 4.20. The summed E-state index contributed by atoms with van der Waals surface area (Å²) in [5.74, 6) is -0.344. The van der Waals surface area contributed by atoms with E-state index >= 15 is 0 Å². The van der Waals surface area contributed by atoms with Gasteiger partial charge in [0.2, 0.25) is 0 Å². The molecule has 0 saturated carbocycles. The molecule has 0 unspecified atom stereocenters. The SMILES string of the molecule is COc1ccc(Cn2cc(C)cn2)cc1C=CC(=O)O. The van der Waals surface area contributed by atoms with Gasteiger partial charge in [-0.15, -0.1) is 0 Å². The van der Waals surface area contributed by atoms with E-state index in [1.165, 1.54) is 6.08 Å². The number of ether oxygens (including phenoxy) is 1. The van der Waals surface area contributed by atoms with Gasteiger partial charge in [-0.2, -0.15) is 5.10 Å². The molecule has 2 aromatic rings. The minimum atomic E-state index is -0.986. The van der Waals surface area contributed by atoms with Crippen molar-refractivity contribution in [3.63, 3.8) is 0 Å². The summed E-state index contributed by atoms with van der Waals surface area (Å²) in [4.78, 5) is 10.6. The normalized spacial score (nSPS) is 10.9. The summed E-state index contributed by atoms with van der Waals surface area (Å²) < 4.78 is 7.06. The van der Waals surface area contributed by atoms with Crippen molar-refractivity contribution in [3.05, 3.63) is 53.4 Å². The van der Waals surface area contributed by atoms with Crippen molar-refractivity contribution in [3.8, 4) is 5.75 Å². The van der Waals surface area contributed by atoms with Crippen LogP contribution >= 0.6 is 0 Å². The molecule has 0 amide bonds. The van der Waals surface area contributed by atoms with Gasteiger partial charge in [0.1, 0.15) is 5.75 Å². The lowest BCUT2D eigenvalue weighted by atomic mass is 10.1. The molecule has 0 spiro atoms. The Morgan fingerprint density at radius 2 is 2.30 bits per heavy atom. The predicted octanol–water partition coefficient (Wildman–Crippen LogP) is 2.35. The van der Waals surface area contributed by atoms with Crippen molar-refractivity contribution < 1.29 is 14.6 Å². The van der Waals surface area contributed by atoms with Gasteiger partial charge < -0.3 is 9.84 Å². The standard InChI is InChI=1S/C15H16N2O3/c1-11-8-16-17(9-11)10-12-3-5-14(20-2)13(7-12)4-6-15(18)19/h3-9H,10H2,1-2H3,(H,18,19). The van der Waals surface area contributed by atoms with Gasteiger partial charge in [-0.1, -0.05) is 6.07 Å². The fourth-order valence-electron chi connectivity index (χ4n) is 1.91. The monoisotopic (exact) mass is 272 g/mol. The first-order chi connectivity index (χ1) is 9.58. The molecule has 20 heavy (non-hydrogen) atoms. The van der Waals surface area contributed by atoms with E-state index in [0.29, 0.717) is 12.3 Å². The van der Waals surface area contributed by atoms with Crippen molar-refractivity contribution in [1.82, 2.24) is 9.78 Å². The summed E-state index contributed by atoms with van der Waals surface area (Å²) in [6, 6.07) is 5.66. The largest absolute Gasteiger partial charge is 0.496 e. The fourth-order valence-corrected chi connectivity index (χ4v) is 1.91. The average molecular weight is 272 g/mol. The van der Waals surface area contributed by atoms with Gasteiger partial charge in [-0.3, -0.25) is 4.68 Å². The quantitative estimate of drug-likeness (QED) is 0.848. The number of hydrogen-bond acceptors (Lipinski definition) is 3. The summed E-state index contributed by atoms with van der Waals surface area (Å²) in [7, 11) is 1.56. The number of aryl methyl sites for hydroxylation is 1. The van der Waals surface area contributed by atoms with Crippen molar-refractivity contribution >= 4 is 12.0 Å². The van der Waals surface area contributed by atoms with Crippen LogP contribution in [-0.4, -0.2) is 28.0 Å². The van der Waals surface area contributed by atoms with E-state index in [1.54, 1.807) is 13.3 Å². The zero-order valence-electron chi connectivity index (χ0n) is 11.4. The number of aliphatic carboxylic acids is 1. The molecule has 1 aromatic heterocycles. The summed E-state index contributed by atoms with van der Waals surface area (Å²) >= 11 is 0.